The maximum atomic E-state index is 6.07. The average Bonchev–Trinajstić information content (AvgIpc) is 3.37. The number of thiophene rings is 1. The van der Waals surface area contributed by atoms with Crippen molar-refractivity contribution in [2.45, 2.75) is 19.6 Å². The predicted octanol–water partition coefficient (Wildman–Crippen LogP) is 5.85. The van der Waals surface area contributed by atoms with Crippen molar-refractivity contribution in [2.24, 2.45) is 0 Å². The van der Waals surface area contributed by atoms with Crippen molar-refractivity contribution in [3.8, 4) is 11.3 Å². The van der Waals surface area contributed by atoms with E-state index in [0.29, 0.717) is 24.0 Å². The summed E-state index contributed by atoms with van der Waals surface area (Å²) in [5.74, 6) is 2.31. The normalized spacial score (nSPS) is 11.3. The Morgan fingerprint density at radius 1 is 1.04 bits per heavy atom. The minimum absolute atomic E-state index is 0.596. The Bertz CT molecular complexity index is 912. The third-order valence-electron chi connectivity index (χ3n) is 3.94. The second-order valence-corrected chi connectivity index (χ2v) is 7.40. The standard InChI is InChI=1S/C20H17ClN2O2S/c21-16-5-1-4-15(10-16)19-11-22-20(25-19)14-23(12-17-6-2-8-24-17)13-18-7-3-9-26-18/h1-11H,12-14H2. The lowest BCUT2D eigenvalue weighted by molar-refractivity contribution is 0.208. The van der Waals surface area contributed by atoms with Crippen LogP contribution in [0.1, 0.15) is 16.5 Å². The smallest absolute Gasteiger partial charge is 0.209 e. The van der Waals surface area contributed by atoms with Gasteiger partial charge in [-0.05, 0) is 35.7 Å². The Balaban J connectivity index is 1.51. The van der Waals surface area contributed by atoms with Gasteiger partial charge in [-0.3, -0.25) is 4.90 Å². The second-order valence-electron chi connectivity index (χ2n) is 5.93. The van der Waals surface area contributed by atoms with Gasteiger partial charge in [0.05, 0.1) is 25.5 Å². The summed E-state index contributed by atoms with van der Waals surface area (Å²) in [6.07, 6.45) is 3.44. The number of nitrogens with zero attached hydrogens (tertiary/aromatic N) is 2. The molecule has 0 bridgehead atoms. The fourth-order valence-corrected chi connectivity index (χ4v) is 3.70. The molecule has 3 heterocycles. The van der Waals surface area contributed by atoms with Gasteiger partial charge in [-0.15, -0.1) is 11.3 Å². The molecule has 0 saturated heterocycles. The molecule has 4 aromatic rings. The Morgan fingerprint density at radius 2 is 2.00 bits per heavy atom. The van der Waals surface area contributed by atoms with Gasteiger partial charge in [-0.25, -0.2) is 4.98 Å². The summed E-state index contributed by atoms with van der Waals surface area (Å²) in [5.41, 5.74) is 0.923. The van der Waals surface area contributed by atoms with Crippen molar-refractivity contribution in [1.29, 1.82) is 0 Å². The lowest BCUT2D eigenvalue weighted by Crippen LogP contribution is -2.21. The molecule has 1 aromatic carbocycles. The van der Waals surface area contributed by atoms with Crippen LogP contribution in [-0.4, -0.2) is 9.88 Å². The van der Waals surface area contributed by atoms with Crippen LogP contribution in [0.4, 0.5) is 0 Å². The number of furan rings is 1. The van der Waals surface area contributed by atoms with Crippen molar-refractivity contribution in [3.63, 3.8) is 0 Å². The second kappa shape index (κ2) is 7.91. The van der Waals surface area contributed by atoms with Crippen LogP contribution in [-0.2, 0) is 19.6 Å². The molecule has 0 atom stereocenters. The maximum Gasteiger partial charge on any atom is 0.209 e. The molecular formula is C20H17ClN2O2S. The van der Waals surface area contributed by atoms with Crippen LogP contribution in [0, 0.1) is 0 Å². The highest BCUT2D eigenvalue weighted by Gasteiger charge is 2.14. The van der Waals surface area contributed by atoms with E-state index in [9.17, 15) is 0 Å². The first kappa shape index (κ1) is 17.1. The zero-order valence-electron chi connectivity index (χ0n) is 14.0. The van der Waals surface area contributed by atoms with Crippen molar-refractivity contribution < 1.29 is 8.83 Å². The Labute approximate surface area is 160 Å². The van der Waals surface area contributed by atoms with Crippen molar-refractivity contribution in [1.82, 2.24) is 9.88 Å². The fraction of sp³-hybridized carbons (Fsp3) is 0.150. The molecule has 4 nitrogen and oxygen atoms in total. The Morgan fingerprint density at radius 3 is 2.77 bits per heavy atom. The highest BCUT2D eigenvalue weighted by Crippen LogP contribution is 2.24. The van der Waals surface area contributed by atoms with Gasteiger partial charge in [0, 0.05) is 22.0 Å². The third kappa shape index (κ3) is 4.25. The molecule has 3 aromatic heterocycles. The van der Waals surface area contributed by atoms with Gasteiger partial charge in [0.15, 0.2) is 5.76 Å². The Kier molecular flexibility index (Phi) is 5.20. The third-order valence-corrected chi connectivity index (χ3v) is 5.04. The van der Waals surface area contributed by atoms with Crippen LogP contribution in [0.25, 0.3) is 11.3 Å². The van der Waals surface area contributed by atoms with Crippen molar-refractivity contribution >= 4 is 22.9 Å². The number of benzene rings is 1. The van der Waals surface area contributed by atoms with Gasteiger partial charge < -0.3 is 8.83 Å². The highest BCUT2D eigenvalue weighted by atomic mass is 35.5. The van der Waals surface area contributed by atoms with Gasteiger partial charge in [0.1, 0.15) is 5.76 Å². The molecule has 6 heteroatoms. The summed E-state index contributed by atoms with van der Waals surface area (Å²) < 4.78 is 11.5. The molecular weight excluding hydrogens is 368 g/mol. The fourth-order valence-electron chi connectivity index (χ4n) is 2.76. The number of hydrogen-bond donors (Lipinski definition) is 0. The first-order chi connectivity index (χ1) is 12.8. The molecule has 0 fully saturated rings. The number of oxazole rings is 1. The summed E-state index contributed by atoms with van der Waals surface area (Å²) in [4.78, 5) is 7.98. The summed E-state index contributed by atoms with van der Waals surface area (Å²) in [6.45, 7) is 2.10. The van der Waals surface area contributed by atoms with Crippen LogP contribution in [0.3, 0.4) is 0 Å². The molecule has 0 unspecified atom stereocenters. The van der Waals surface area contributed by atoms with Gasteiger partial charge in [-0.1, -0.05) is 29.8 Å². The average molecular weight is 385 g/mol. The first-order valence-electron chi connectivity index (χ1n) is 8.24. The number of aromatic nitrogens is 1. The summed E-state index contributed by atoms with van der Waals surface area (Å²) >= 11 is 7.81. The zero-order chi connectivity index (χ0) is 17.8. The van der Waals surface area contributed by atoms with E-state index in [4.69, 9.17) is 20.4 Å². The monoisotopic (exact) mass is 384 g/mol. The predicted molar refractivity (Wildman–Crippen MR) is 103 cm³/mol. The minimum atomic E-state index is 0.596. The number of halogens is 1. The molecule has 0 saturated carbocycles. The van der Waals surface area contributed by atoms with E-state index in [-0.39, 0.29) is 0 Å². The first-order valence-corrected chi connectivity index (χ1v) is 9.50. The van der Waals surface area contributed by atoms with Crippen LogP contribution >= 0.6 is 22.9 Å². The molecule has 0 aliphatic rings. The van der Waals surface area contributed by atoms with E-state index in [1.165, 1.54) is 4.88 Å². The van der Waals surface area contributed by atoms with Crippen LogP contribution in [0.2, 0.25) is 5.02 Å². The highest BCUT2D eigenvalue weighted by molar-refractivity contribution is 7.09. The molecule has 132 valence electrons. The lowest BCUT2D eigenvalue weighted by Gasteiger charge is -2.18. The van der Waals surface area contributed by atoms with E-state index in [0.717, 1.165) is 23.6 Å². The number of hydrogen-bond acceptors (Lipinski definition) is 5. The van der Waals surface area contributed by atoms with Gasteiger partial charge in [0.2, 0.25) is 5.89 Å². The van der Waals surface area contributed by atoms with Crippen molar-refractivity contribution in [3.05, 3.63) is 87.9 Å². The minimum Gasteiger partial charge on any atom is -0.468 e. The van der Waals surface area contributed by atoms with Crippen LogP contribution < -0.4 is 0 Å². The van der Waals surface area contributed by atoms with Crippen LogP contribution in [0.5, 0.6) is 0 Å². The molecule has 0 N–H and O–H groups in total. The molecule has 26 heavy (non-hydrogen) atoms. The zero-order valence-corrected chi connectivity index (χ0v) is 15.5. The lowest BCUT2D eigenvalue weighted by atomic mass is 10.2. The van der Waals surface area contributed by atoms with Crippen LogP contribution in [0.15, 0.2) is 75.2 Å². The quantitative estimate of drug-likeness (QED) is 0.400. The van der Waals surface area contributed by atoms with E-state index in [2.05, 4.69) is 27.4 Å². The van der Waals surface area contributed by atoms with E-state index >= 15 is 0 Å². The van der Waals surface area contributed by atoms with E-state index in [1.807, 2.05) is 36.4 Å². The SMILES string of the molecule is Clc1cccc(-c2cnc(CN(Cc3ccco3)Cc3cccs3)o2)c1. The summed E-state index contributed by atoms with van der Waals surface area (Å²) in [7, 11) is 0. The number of rotatable bonds is 7. The van der Waals surface area contributed by atoms with Crippen molar-refractivity contribution in [2.75, 3.05) is 0 Å². The van der Waals surface area contributed by atoms with Gasteiger partial charge in [0.25, 0.3) is 0 Å². The Hall–Kier alpha value is -2.34. The summed E-state index contributed by atoms with van der Waals surface area (Å²) in [6, 6.07) is 15.7. The molecule has 4 rings (SSSR count). The molecule has 0 radical (unpaired) electrons. The van der Waals surface area contributed by atoms with Gasteiger partial charge >= 0.3 is 0 Å². The molecule has 0 aliphatic carbocycles. The molecule has 0 aliphatic heterocycles. The maximum absolute atomic E-state index is 6.07. The van der Waals surface area contributed by atoms with E-state index in [1.54, 1.807) is 23.8 Å². The van der Waals surface area contributed by atoms with E-state index < -0.39 is 0 Å². The largest absolute Gasteiger partial charge is 0.468 e. The topological polar surface area (TPSA) is 42.4 Å². The molecule has 0 amide bonds. The van der Waals surface area contributed by atoms with Gasteiger partial charge in [-0.2, -0.15) is 0 Å². The molecule has 0 spiro atoms. The summed E-state index contributed by atoms with van der Waals surface area (Å²) in [5, 5.41) is 2.76.